The van der Waals surface area contributed by atoms with Gasteiger partial charge < -0.3 is 16.6 Å². The third-order valence-electron chi connectivity index (χ3n) is 3.99. The standard InChI is InChI=1S/C18H36O2.C2H4.CH4N2S/c1-2-3-4-5-6-7-8-9-10-11-12-13-14-15-16-17-18(19)20;1-2;2-1(3)4/h2-17H2,1H3,(H,19,20);1-2H2;(H4,2,3,4). The quantitative estimate of drug-likeness (QED) is 0.163. The number of carboxylic acids is 1. The summed E-state index contributed by atoms with van der Waals surface area (Å²) in [5, 5.41) is 8.52. The molecule has 0 rings (SSSR count). The number of thiocarbonyl (C=S) groups is 1. The van der Waals surface area contributed by atoms with Crippen molar-refractivity contribution >= 4 is 23.3 Å². The van der Waals surface area contributed by atoms with E-state index in [4.69, 9.17) is 5.11 Å². The van der Waals surface area contributed by atoms with Crippen molar-refractivity contribution in [3.8, 4) is 0 Å². The third kappa shape index (κ3) is 43.4. The average molecular weight is 389 g/mol. The van der Waals surface area contributed by atoms with Crippen molar-refractivity contribution in [1.82, 2.24) is 0 Å². The Morgan fingerprint density at radius 3 is 1.19 bits per heavy atom. The van der Waals surface area contributed by atoms with Crippen LogP contribution < -0.4 is 11.5 Å². The molecule has 5 heteroatoms. The van der Waals surface area contributed by atoms with Crippen LogP contribution in [0.3, 0.4) is 0 Å². The van der Waals surface area contributed by atoms with Crippen LogP contribution in [-0.2, 0) is 4.79 Å². The Morgan fingerprint density at radius 1 is 0.731 bits per heavy atom. The molecule has 0 saturated heterocycles. The first-order chi connectivity index (χ1) is 12.5. The summed E-state index contributed by atoms with van der Waals surface area (Å²) in [4.78, 5) is 10.3. The van der Waals surface area contributed by atoms with Gasteiger partial charge in [0.15, 0.2) is 5.11 Å². The van der Waals surface area contributed by atoms with Crippen LogP contribution in [0.25, 0.3) is 0 Å². The lowest BCUT2D eigenvalue weighted by Crippen LogP contribution is -2.18. The lowest BCUT2D eigenvalue weighted by atomic mass is 10.0. The number of carboxylic acid groups (broad SMARTS) is 1. The smallest absolute Gasteiger partial charge is 0.303 e. The molecule has 0 heterocycles. The molecule has 156 valence electrons. The predicted molar refractivity (Wildman–Crippen MR) is 119 cm³/mol. The predicted octanol–water partition coefficient (Wildman–Crippen LogP) is 6.32. The van der Waals surface area contributed by atoms with Crippen LogP contribution in [-0.4, -0.2) is 16.2 Å². The maximum Gasteiger partial charge on any atom is 0.303 e. The van der Waals surface area contributed by atoms with Crippen molar-refractivity contribution in [2.75, 3.05) is 0 Å². The molecule has 5 N–H and O–H groups in total. The first-order valence-corrected chi connectivity index (χ1v) is 10.7. The normalized spacial score (nSPS) is 9.42. The van der Waals surface area contributed by atoms with Gasteiger partial charge >= 0.3 is 5.97 Å². The molecule has 0 aromatic heterocycles. The molecule has 0 amide bonds. The second kappa shape index (κ2) is 28.7. The summed E-state index contributed by atoms with van der Waals surface area (Å²) >= 11 is 4.09. The van der Waals surface area contributed by atoms with E-state index in [1.165, 1.54) is 83.5 Å². The molecular weight excluding hydrogens is 344 g/mol. The van der Waals surface area contributed by atoms with Gasteiger partial charge in [-0.2, -0.15) is 0 Å². The largest absolute Gasteiger partial charge is 0.481 e. The average Bonchev–Trinajstić information content (AvgIpc) is 2.59. The van der Waals surface area contributed by atoms with E-state index in [9.17, 15) is 4.79 Å². The fourth-order valence-corrected chi connectivity index (χ4v) is 2.65. The number of nitrogens with two attached hydrogens (primary N) is 2. The van der Waals surface area contributed by atoms with Crippen molar-refractivity contribution in [1.29, 1.82) is 0 Å². The second-order valence-electron chi connectivity index (χ2n) is 6.50. The maximum absolute atomic E-state index is 10.3. The second-order valence-corrected chi connectivity index (χ2v) is 6.97. The molecule has 26 heavy (non-hydrogen) atoms. The fourth-order valence-electron chi connectivity index (χ4n) is 2.65. The highest BCUT2D eigenvalue weighted by atomic mass is 32.1. The van der Waals surface area contributed by atoms with Crippen LogP contribution in [0.2, 0.25) is 0 Å². The Kier molecular flexibility index (Phi) is 32.7. The van der Waals surface area contributed by atoms with Gasteiger partial charge in [0.2, 0.25) is 0 Å². The van der Waals surface area contributed by atoms with Gasteiger partial charge in [0.05, 0.1) is 0 Å². The summed E-state index contributed by atoms with van der Waals surface area (Å²) in [5.41, 5.74) is 9.24. The van der Waals surface area contributed by atoms with Crippen molar-refractivity contribution < 1.29 is 9.90 Å². The van der Waals surface area contributed by atoms with E-state index in [1.54, 1.807) is 0 Å². The first kappa shape index (κ1) is 29.7. The number of aliphatic carboxylic acids is 1. The molecule has 0 spiro atoms. The Bertz CT molecular complexity index is 296. The fraction of sp³-hybridized carbons (Fsp3) is 0.810. The van der Waals surface area contributed by atoms with Crippen molar-refractivity contribution in [3.63, 3.8) is 0 Å². The SMILES string of the molecule is C=C.CCCCCCCCCCCCCCCCCC(=O)O.NC(N)=S. The minimum atomic E-state index is -0.653. The van der Waals surface area contributed by atoms with Gasteiger partial charge in [0, 0.05) is 6.42 Å². The topological polar surface area (TPSA) is 89.3 Å². The van der Waals surface area contributed by atoms with Gasteiger partial charge in [-0.3, -0.25) is 4.79 Å². The molecule has 0 aromatic rings. The van der Waals surface area contributed by atoms with Gasteiger partial charge in [-0.25, -0.2) is 0 Å². The molecule has 0 radical (unpaired) electrons. The zero-order valence-electron chi connectivity index (χ0n) is 17.1. The molecule has 0 bridgehead atoms. The van der Waals surface area contributed by atoms with E-state index in [0.717, 1.165) is 12.8 Å². The van der Waals surface area contributed by atoms with Crippen LogP contribution >= 0.6 is 12.2 Å². The lowest BCUT2D eigenvalue weighted by molar-refractivity contribution is -0.137. The first-order valence-electron chi connectivity index (χ1n) is 10.3. The van der Waals surface area contributed by atoms with E-state index < -0.39 is 5.97 Å². The summed E-state index contributed by atoms with van der Waals surface area (Å²) < 4.78 is 0. The number of hydrogen-bond acceptors (Lipinski definition) is 2. The Morgan fingerprint density at radius 2 is 0.962 bits per heavy atom. The molecule has 0 aliphatic rings. The molecule has 0 aromatic carbocycles. The van der Waals surface area contributed by atoms with Crippen LogP contribution in [0, 0.1) is 0 Å². The van der Waals surface area contributed by atoms with Gasteiger partial charge in [-0.15, -0.1) is 13.2 Å². The van der Waals surface area contributed by atoms with Crippen LogP contribution in [0.15, 0.2) is 13.2 Å². The summed E-state index contributed by atoms with van der Waals surface area (Å²) in [5.74, 6) is -0.653. The Labute approximate surface area is 167 Å². The number of rotatable bonds is 16. The van der Waals surface area contributed by atoms with E-state index in [1.807, 2.05) is 0 Å². The van der Waals surface area contributed by atoms with Gasteiger partial charge in [0.25, 0.3) is 0 Å². The van der Waals surface area contributed by atoms with Crippen LogP contribution in [0.1, 0.15) is 110 Å². The molecule has 0 saturated carbocycles. The Hall–Kier alpha value is -1.10. The van der Waals surface area contributed by atoms with Gasteiger partial charge in [-0.1, -0.05) is 96.8 Å². The van der Waals surface area contributed by atoms with E-state index in [2.05, 4.69) is 43.8 Å². The number of hydrogen-bond donors (Lipinski definition) is 3. The minimum Gasteiger partial charge on any atom is -0.481 e. The van der Waals surface area contributed by atoms with Gasteiger partial charge in [0.1, 0.15) is 0 Å². The zero-order valence-corrected chi connectivity index (χ0v) is 18.0. The molecule has 0 fully saturated rings. The highest BCUT2D eigenvalue weighted by molar-refractivity contribution is 7.80. The van der Waals surface area contributed by atoms with Crippen LogP contribution in [0.4, 0.5) is 0 Å². The van der Waals surface area contributed by atoms with E-state index in [0.29, 0.717) is 6.42 Å². The molecule has 0 atom stereocenters. The summed E-state index contributed by atoms with van der Waals surface area (Å²) in [6.45, 7) is 8.27. The molecular formula is C21H44N2O2S. The highest BCUT2D eigenvalue weighted by Crippen LogP contribution is 2.13. The molecule has 0 unspecified atom stereocenters. The molecule has 4 nitrogen and oxygen atoms in total. The monoisotopic (exact) mass is 388 g/mol. The third-order valence-corrected chi connectivity index (χ3v) is 3.99. The maximum atomic E-state index is 10.3. The van der Waals surface area contributed by atoms with E-state index >= 15 is 0 Å². The van der Waals surface area contributed by atoms with E-state index in [-0.39, 0.29) is 5.11 Å². The van der Waals surface area contributed by atoms with Crippen LogP contribution in [0.5, 0.6) is 0 Å². The summed E-state index contributed by atoms with van der Waals surface area (Å²) in [6, 6.07) is 0. The highest BCUT2D eigenvalue weighted by Gasteiger charge is 1.97. The summed E-state index contributed by atoms with van der Waals surface area (Å²) in [7, 11) is 0. The summed E-state index contributed by atoms with van der Waals surface area (Å²) in [6.07, 6.45) is 20.2. The van der Waals surface area contributed by atoms with Crippen molar-refractivity contribution in [2.45, 2.75) is 110 Å². The number of unbranched alkanes of at least 4 members (excludes halogenated alkanes) is 14. The number of carbonyl (C=O) groups is 1. The van der Waals surface area contributed by atoms with Crippen molar-refractivity contribution in [3.05, 3.63) is 13.2 Å². The molecule has 0 aliphatic heterocycles. The van der Waals surface area contributed by atoms with Gasteiger partial charge in [-0.05, 0) is 18.6 Å². The zero-order chi connectivity index (χ0) is 20.5. The lowest BCUT2D eigenvalue weighted by Gasteiger charge is -2.03. The Balaban J connectivity index is -0.000000769. The minimum absolute atomic E-state index is 0.000000000000000222. The molecule has 0 aliphatic carbocycles. The van der Waals surface area contributed by atoms with Crippen molar-refractivity contribution in [2.24, 2.45) is 11.5 Å².